The zero-order valence-corrected chi connectivity index (χ0v) is 17.1. The van der Waals surface area contributed by atoms with E-state index < -0.39 is 0 Å². The molecule has 0 N–H and O–H groups in total. The van der Waals surface area contributed by atoms with E-state index in [1.807, 2.05) is 32.0 Å². The Morgan fingerprint density at radius 3 is 2.54 bits per heavy atom. The van der Waals surface area contributed by atoms with Crippen molar-refractivity contribution in [2.24, 2.45) is 5.92 Å². The molecule has 2 unspecified atom stereocenters. The van der Waals surface area contributed by atoms with Crippen LogP contribution in [0.15, 0.2) is 64.8 Å². The van der Waals surface area contributed by atoms with Gasteiger partial charge in [-0.05, 0) is 0 Å². The van der Waals surface area contributed by atoms with Gasteiger partial charge in [0, 0.05) is 0 Å². The van der Waals surface area contributed by atoms with Crippen molar-refractivity contribution in [2.45, 2.75) is 33.3 Å². The van der Waals surface area contributed by atoms with Crippen LogP contribution < -0.4 is 4.46 Å². The number of benzene rings is 2. The molecule has 3 nitrogen and oxygen atoms in total. The summed E-state index contributed by atoms with van der Waals surface area (Å²) in [5.74, 6) is 0.424. The molecule has 2 atom stereocenters. The summed E-state index contributed by atoms with van der Waals surface area (Å²) in [6, 6.07) is 18.7. The Labute approximate surface area is 161 Å². The third-order valence-electron chi connectivity index (χ3n) is 4.48. The van der Waals surface area contributed by atoms with Gasteiger partial charge in [-0.15, -0.1) is 0 Å². The predicted molar refractivity (Wildman–Crippen MR) is 104 cm³/mol. The molecular weight excluding hydrogens is 391 g/mol. The van der Waals surface area contributed by atoms with Crippen molar-refractivity contribution in [2.75, 3.05) is 6.61 Å². The molecule has 3 rings (SSSR count). The summed E-state index contributed by atoms with van der Waals surface area (Å²) in [7, 11) is 0. The van der Waals surface area contributed by atoms with Crippen molar-refractivity contribution >= 4 is 25.4 Å². The molecule has 1 aliphatic heterocycles. The second kappa shape index (κ2) is 8.68. The molecule has 0 saturated carbocycles. The molecule has 0 radical (unpaired) electrons. The summed E-state index contributed by atoms with van der Waals surface area (Å²) in [5.41, 5.74) is 2.33. The first kappa shape index (κ1) is 18.9. The zero-order chi connectivity index (χ0) is 18.5. The van der Waals surface area contributed by atoms with Gasteiger partial charge in [-0.3, -0.25) is 0 Å². The fraction of sp³-hybridized carbons (Fsp3) is 0.318. The molecule has 4 heteroatoms. The molecule has 0 spiro atoms. The molecule has 26 heavy (non-hydrogen) atoms. The van der Waals surface area contributed by atoms with E-state index in [0.29, 0.717) is 12.4 Å². The molecule has 2 aromatic carbocycles. The van der Waals surface area contributed by atoms with E-state index in [0.717, 1.165) is 16.5 Å². The van der Waals surface area contributed by atoms with E-state index in [2.05, 4.69) is 43.3 Å². The van der Waals surface area contributed by atoms with Crippen LogP contribution in [0.3, 0.4) is 0 Å². The zero-order valence-electron chi connectivity index (χ0n) is 15.4. The predicted octanol–water partition coefficient (Wildman–Crippen LogP) is 3.90. The molecule has 0 amide bonds. The Hall–Kier alpha value is -1.87. The monoisotopic (exact) mass is 416 g/mol. The van der Waals surface area contributed by atoms with Gasteiger partial charge in [-0.25, -0.2) is 0 Å². The van der Waals surface area contributed by atoms with Crippen LogP contribution in [0.5, 0.6) is 0 Å². The number of carbonyl (C=O) groups is 1. The summed E-state index contributed by atoms with van der Waals surface area (Å²) < 4.78 is 14.2. The van der Waals surface area contributed by atoms with E-state index in [1.54, 1.807) is 0 Å². The van der Waals surface area contributed by atoms with Crippen LogP contribution in [0, 0.1) is 12.8 Å². The van der Waals surface area contributed by atoms with Crippen molar-refractivity contribution in [3.8, 4) is 0 Å². The van der Waals surface area contributed by atoms with Gasteiger partial charge in [0.2, 0.25) is 0 Å². The molecule has 0 bridgehead atoms. The van der Waals surface area contributed by atoms with Crippen molar-refractivity contribution in [1.29, 1.82) is 0 Å². The average Bonchev–Trinajstić information content (AvgIpc) is 3.04. The van der Waals surface area contributed by atoms with Gasteiger partial charge in [0.05, 0.1) is 0 Å². The normalized spacial score (nSPS) is 18.0. The Bertz CT molecular complexity index is 781. The summed E-state index contributed by atoms with van der Waals surface area (Å²) in [4.78, 5) is 12.3. The maximum atomic E-state index is 12.3. The minimum absolute atomic E-state index is 0.0401. The summed E-state index contributed by atoms with van der Waals surface area (Å²) >= 11 is 0.0401. The topological polar surface area (TPSA) is 35.5 Å². The number of aryl methyl sites for hydroxylation is 1. The van der Waals surface area contributed by atoms with Crippen molar-refractivity contribution in [3.63, 3.8) is 0 Å². The third-order valence-corrected chi connectivity index (χ3v) is 6.94. The average molecular weight is 415 g/mol. The first-order valence-corrected chi connectivity index (χ1v) is 10.7. The Kier molecular flexibility index (Phi) is 6.31. The van der Waals surface area contributed by atoms with E-state index in [4.69, 9.17) is 9.47 Å². The van der Waals surface area contributed by atoms with Crippen molar-refractivity contribution in [3.05, 3.63) is 76.0 Å². The van der Waals surface area contributed by atoms with Gasteiger partial charge in [-0.1, -0.05) is 0 Å². The number of esters is 1. The molecular formula is C22H24O3Se. The molecule has 1 aliphatic rings. The van der Waals surface area contributed by atoms with Gasteiger partial charge in [0.15, 0.2) is 0 Å². The standard InChI is InChI=1S/C22H24O3Se/c1-4-16(3)22(23)25-19-14-24-20(17-12-10-15(2)11-13-17)21(19)26-18-8-6-5-7-9-18/h5-13,16,20H,4,14H2,1-3H3. The molecule has 1 heterocycles. The molecule has 2 aromatic rings. The van der Waals surface area contributed by atoms with Gasteiger partial charge in [0.1, 0.15) is 0 Å². The van der Waals surface area contributed by atoms with Gasteiger partial charge >= 0.3 is 161 Å². The number of rotatable bonds is 6. The van der Waals surface area contributed by atoms with Crippen molar-refractivity contribution < 1.29 is 14.3 Å². The van der Waals surface area contributed by atoms with Crippen LogP contribution in [-0.2, 0) is 14.3 Å². The Morgan fingerprint density at radius 1 is 1.19 bits per heavy atom. The van der Waals surface area contributed by atoms with Crippen molar-refractivity contribution in [1.82, 2.24) is 0 Å². The van der Waals surface area contributed by atoms with Crippen LogP contribution in [0.2, 0.25) is 0 Å². The number of hydrogen-bond donors (Lipinski definition) is 0. The van der Waals surface area contributed by atoms with E-state index in [1.165, 1.54) is 10.0 Å². The van der Waals surface area contributed by atoms with E-state index in [-0.39, 0.29) is 32.9 Å². The molecule has 0 aromatic heterocycles. The number of hydrogen-bond acceptors (Lipinski definition) is 3. The van der Waals surface area contributed by atoms with Crippen LogP contribution in [0.25, 0.3) is 0 Å². The number of ether oxygens (including phenoxy) is 2. The fourth-order valence-corrected chi connectivity index (χ4v) is 4.89. The summed E-state index contributed by atoms with van der Waals surface area (Å²) in [6.45, 7) is 6.32. The first-order chi connectivity index (χ1) is 12.6. The minimum atomic E-state index is -0.169. The van der Waals surface area contributed by atoms with E-state index in [9.17, 15) is 4.79 Å². The number of carbonyl (C=O) groups excluding carboxylic acids is 1. The molecule has 0 saturated heterocycles. The van der Waals surface area contributed by atoms with Gasteiger partial charge in [-0.2, -0.15) is 0 Å². The SMILES string of the molecule is CCC(C)C(=O)OC1=C([Se]c2ccccc2)C(c2ccc(C)cc2)OC1. The van der Waals surface area contributed by atoms with Crippen LogP contribution in [0.4, 0.5) is 0 Å². The molecule has 0 fully saturated rings. The van der Waals surface area contributed by atoms with Crippen LogP contribution in [0.1, 0.15) is 37.5 Å². The first-order valence-electron chi connectivity index (χ1n) is 8.94. The Morgan fingerprint density at radius 2 is 1.88 bits per heavy atom. The van der Waals surface area contributed by atoms with E-state index >= 15 is 0 Å². The molecule has 0 aliphatic carbocycles. The van der Waals surface area contributed by atoms with Crippen LogP contribution >= 0.6 is 0 Å². The quantitative estimate of drug-likeness (QED) is 0.530. The summed E-state index contributed by atoms with van der Waals surface area (Å²) in [6.07, 6.45) is 0.628. The Balaban J connectivity index is 1.91. The fourth-order valence-electron chi connectivity index (χ4n) is 2.64. The van der Waals surface area contributed by atoms with Gasteiger partial charge < -0.3 is 0 Å². The second-order valence-electron chi connectivity index (χ2n) is 6.53. The maximum absolute atomic E-state index is 12.3. The molecule has 136 valence electrons. The summed E-state index contributed by atoms with van der Waals surface area (Å²) in [5, 5.41) is 0. The van der Waals surface area contributed by atoms with Crippen LogP contribution in [-0.4, -0.2) is 27.5 Å². The van der Waals surface area contributed by atoms with Gasteiger partial charge in [0.25, 0.3) is 0 Å². The third kappa shape index (κ3) is 4.45. The second-order valence-corrected chi connectivity index (χ2v) is 8.87.